The molecule has 3 aromatic carbocycles. The Morgan fingerprint density at radius 3 is 1.88 bits per heavy atom. The van der Waals surface area contributed by atoms with Crippen molar-refractivity contribution in [3.63, 3.8) is 0 Å². The second kappa shape index (κ2) is 7.47. The van der Waals surface area contributed by atoms with Gasteiger partial charge in [0.05, 0.1) is 0 Å². The molecular weight excluding hydrogens is 298 g/mol. The average Bonchev–Trinajstić information content (AvgIpc) is 2.64. The van der Waals surface area contributed by atoms with Crippen LogP contribution in [0.15, 0.2) is 84.9 Å². The molecule has 0 fully saturated rings. The van der Waals surface area contributed by atoms with Crippen LogP contribution in [0.4, 0.5) is 17.1 Å². The number of carbonyl (C=O) groups excluding carboxylic acids is 1. The van der Waals surface area contributed by atoms with Gasteiger partial charge in [-0.1, -0.05) is 49.4 Å². The molecule has 0 aliphatic carbocycles. The van der Waals surface area contributed by atoms with Gasteiger partial charge in [-0.15, -0.1) is 0 Å². The van der Waals surface area contributed by atoms with E-state index in [1.807, 2.05) is 54.6 Å². The highest BCUT2D eigenvalue weighted by molar-refractivity contribution is 5.78. The number of hydrogen-bond donors (Lipinski definition) is 0. The predicted octanol–water partition coefficient (Wildman–Crippen LogP) is 5.47. The molecule has 0 saturated heterocycles. The number of esters is 1. The Morgan fingerprint density at radius 1 is 0.792 bits per heavy atom. The fourth-order valence-electron chi connectivity index (χ4n) is 2.49. The Kier molecular flexibility index (Phi) is 4.92. The first kappa shape index (κ1) is 15.8. The maximum atomic E-state index is 11.6. The van der Waals surface area contributed by atoms with Gasteiger partial charge in [-0.2, -0.15) is 0 Å². The van der Waals surface area contributed by atoms with Crippen molar-refractivity contribution in [2.75, 3.05) is 4.90 Å². The van der Waals surface area contributed by atoms with Gasteiger partial charge in [-0.05, 0) is 36.4 Å². The SMILES string of the molecule is CCC(=O)Oc1cccc(N(c2ccccc2)c2ccccc2)c1. The monoisotopic (exact) mass is 317 g/mol. The number of ether oxygens (including phenoxy) is 1. The molecule has 0 spiro atoms. The topological polar surface area (TPSA) is 29.5 Å². The van der Waals surface area contributed by atoms with Gasteiger partial charge in [-0.3, -0.25) is 4.79 Å². The van der Waals surface area contributed by atoms with Gasteiger partial charge in [0.2, 0.25) is 0 Å². The average molecular weight is 317 g/mol. The van der Waals surface area contributed by atoms with Crippen molar-refractivity contribution in [1.29, 1.82) is 0 Å². The van der Waals surface area contributed by atoms with Crippen LogP contribution in [0.25, 0.3) is 0 Å². The minimum Gasteiger partial charge on any atom is -0.426 e. The number of hydrogen-bond acceptors (Lipinski definition) is 3. The minimum absolute atomic E-state index is 0.238. The molecule has 24 heavy (non-hydrogen) atoms. The summed E-state index contributed by atoms with van der Waals surface area (Å²) in [5, 5.41) is 0. The van der Waals surface area contributed by atoms with Gasteiger partial charge in [-0.25, -0.2) is 0 Å². The molecule has 0 heterocycles. The number of carbonyl (C=O) groups is 1. The Hall–Kier alpha value is -3.07. The smallest absolute Gasteiger partial charge is 0.310 e. The summed E-state index contributed by atoms with van der Waals surface area (Å²) in [6, 6.07) is 27.8. The van der Waals surface area contributed by atoms with Crippen LogP contribution >= 0.6 is 0 Å². The molecule has 3 aromatic rings. The Morgan fingerprint density at radius 2 is 1.33 bits per heavy atom. The molecule has 0 bridgehead atoms. The largest absolute Gasteiger partial charge is 0.426 e. The zero-order valence-corrected chi connectivity index (χ0v) is 13.6. The highest BCUT2D eigenvalue weighted by atomic mass is 16.5. The van der Waals surface area contributed by atoms with Crippen molar-refractivity contribution in [1.82, 2.24) is 0 Å². The van der Waals surface area contributed by atoms with Crippen molar-refractivity contribution in [2.45, 2.75) is 13.3 Å². The van der Waals surface area contributed by atoms with E-state index < -0.39 is 0 Å². The summed E-state index contributed by atoms with van der Waals surface area (Å²) in [5.41, 5.74) is 3.03. The van der Waals surface area contributed by atoms with Gasteiger partial charge in [0.25, 0.3) is 0 Å². The van der Waals surface area contributed by atoms with Crippen LogP contribution < -0.4 is 9.64 Å². The molecule has 0 aromatic heterocycles. The zero-order chi connectivity index (χ0) is 16.8. The molecule has 3 heteroatoms. The Labute approximate surface area is 142 Å². The summed E-state index contributed by atoms with van der Waals surface area (Å²) in [4.78, 5) is 13.7. The molecule has 0 saturated carbocycles. The number of nitrogens with zero attached hydrogens (tertiary/aromatic N) is 1. The normalized spacial score (nSPS) is 10.2. The van der Waals surface area contributed by atoms with Crippen molar-refractivity contribution >= 4 is 23.0 Å². The Balaban J connectivity index is 2.03. The first-order valence-corrected chi connectivity index (χ1v) is 7.99. The summed E-state index contributed by atoms with van der Waals surface area (Å²) in [7, 11) is 0. The van der Waals surface area contributed by atoms with Crippen LogP contribution in [0.3, 0.4) is 0 Å². The molecule has 0 N–H and O–H groups in total. The summed E-state index contributed by atoms with van der Waals surface area (Å²) in [6.07, 6.45) is 0.352. The summed E-state index contributed by atoms with van der Waals surface area (Å²) in [5.74, 6) is 0.314. The third-order valence-corrected chi connectivity index (χ3v) is 3.62. The summed E-state index contributed by atoms with van der Waals surface area (Å²) >= 11 is 0. The van der Waals surface area contributed by atoms with Crippen LogP contribution in [-0.4, -0.2) is 5.97 Å². The van der Waals surface area contributed by atoms with E-state index >= 15 is 0 Å². The van der Waals surface area contributed by atoms with E-state index in [0.717, 1.165) is 17.1 Å². The van der Waals surface area contributed by atoms with Gasteiger partial charge in [0.15, 0.2) is 0 Å². The molecule has 3 nitrogen and oxygen atoms in total. The molecule has 0 radical (unpaired) electrons. The van der Waals surface area contributed by atoms with Crippen LogP contribution in [0, 0.1) is 0 Å². The molecule has 0 amide bonds. The van der Waals surface area contributed by atoms with Gasteiger partial charge >= 0.3 is 5.97 Å². The zero-order valence-electron chi connectivity index (χ0n) is 13.6. The quantitative estimate of drug-likeness (QED) is 0.461. The molecule has 0 unspecified atom stereocenters. The summed E-state index contributed by atoms with van der Waals surface area (Å²) in [6.45, 7) is 1.78. The molecular formula is C21H19NO2. The van der Waals surface area contributed by atoms with Gasteiger partial charge < -0.3 is 9.64 Å². The van der Waals surface area contributed by atoms with E-state index in [9.17, 15) is 4.79 Å². The fourth-order valence-corrected chi connectivity index (χ4v) is 2.49. The van der Waals surface area contributed by atoms with Crippen LogP contribution in [0.1, 0.15) is 13.3 Å². The van der Waals surface area contributed by atoms with E-state index in [2.05, 4.69) is 29.2 Å². The molecule has 120 valence electrons. The number of para-hydroxylation sites is 2. The standard InChI is InChI=1S/C21H19NO2/c1-2-21(23)24-20-15-9-14-19(16-20)22(17-10-5-3-6-11-17)18-12-7-4-8-13-18/h3-16H,2H2,1H3. The van der Waals surface area contributed by atoms with Crippen LogP contribution in [0.2, 0.25) is 0 Å². The molecule has 3 rings (SSSR count). The fraction of sp³-hybridized carbons (Fsp3) is 0.0952. The van der Waals surface area contributed by atoms with Gasteiger partial charge in [0, 0.05) is 29.5 Å². The highest BCUT2D eigenvalue weighted by Gasteiger charge is 2.13. The second-order valence-corrected chi connectivity index (χ2v) is 5.33. The van der Waals surface area contributed by atoms with Gasteiger partial charge in [0.1, 0.15) is 5.75 Å². The lowest BCUT2D eigenvalue weighted by Crippen LogP contribution is -2.10. The van der Waals surface area contributed by atoms with E-state index in [0.29, 0.717) is 12.2 Å². The van der Waals surface area contributed by atoms with Crippen molar-refractivity contribution in [3.8, 4) is 5.75 Å². The molecule has 0 atom stereocenters. The maximum absolute atomic E-state index is 11.6. The van der Waals surface area contributed by atoms with E-state index in [1.54, 1.807) is 13.0 Å². The molecule has 0 aliphatic heterocycles. The van der Waals surface area contributed by atoms with Crippen molar-refractivity contribution in [3.05, 3.63) is 84.9 Å². The number of benzene rings is 3. The Bertz CT molecular complexity index is 761. The maximum Gasteiger partial charge on any atom is 0.310 e. The van der Waals surface area contributed by atoms with E-state index in [1.165, 1.54) is 0 Å². The lowest BCUT2D eigenvalue weighted by atomic mass is 10.2. The van der Waals surface area contributed by atoms with Crippen molar-refractivity contribution in [2.24, 2.45) is 0 Å². The third kappa shape index (κ3) is 3.63. The first-order valence-electron chi connectivity index (χ1n) is 7.99. The summed E-state index contributed by atoms with van der Waals surface area (Å²) < 4.78 is 5.36. The lowest BCUT2D eigenvalue weighted by Gasteiger charge is -2.25. The predicted molar refractivity (Wildman–Crippen MR) is 97.1 cm³/mol. The highest BCUT2D eigenvalue weighted by Crippen LogP contribution is 2.35. The van der Waals surface area contributed by atoms with Crippen LogP contribution in [0.5, 0.6) is 5.75 Å². The second-order valence-electron chi connectivity index (χ2n) is 5.33. The first-order chi connectivity index (χ1) is 11.8. The van der Waals surface area contributed by atoms with Crippen LogP contribution in [-0.2, 0) is 4.79 Å². The van der Waals surface area contributed by atoms with E-state index in [-0.39, 0.29) is 5.97 Å². The lowest BCUT2D eigenvalue weighted by molar-refractivity contribution is -0.134. The number of anilines is 3. The van der Waals surface area contributed by atoms with E-state index in [4.69, 9.17) is 4.74 Å². The third-order valence-electron chi connectivity index (χ3n) is 3.62. The number of rotatable bonds is 5. The minimum atomic E-state index is -0.238. The molecule has 0 aliphatic rings. The van der Waals surface area contributed by atoms with Crippen molar-refractivity contribution < 1.29 is 9.53 Å².